The number of thiazole rings is 1. The van der Waals surface area contributed by atoms with Crippen molar-refractivity contribution in [2.45, 2.75) is 57.7 Å². The van der Waals surface area contributed by atoms with E-state index in [9.17, 15) is 0 Å². The maximum Gasteiger partial charge on any atom is 0.113 e. The second-order valence-electron chi connectivity index (χ2n) is 5.07. The lowest BCUT2D eigenvalue weighted by Gasteiger charge is -2.41. The maximum absolute atomic E-state index is 5.80. The molecule has 1 aromatic rings. The van der Waals surface area contributed by atoms with Crippen molar-refractivity contribution in [1.29, 1.82) is 0 Å². The lowest BCUT2D eigenvalue weighted by molar-refractivity contribution is -0.0345. The summed E-state index contributed by atoms with van der Waals surface area (Å²) >= 11 is 1.75. The van der Waals surface area contributed by atoms with Crippen LogP contribution in [0, 0.1) is 0 Å². The third-order valence-corrected chi connectivity index (χ3v) is 4.30. The first-order valence-electron chi connectivity index (χ1n) is 6.45. The monoisotopic (exact) mass is 254 g/mol. The van der Waals surface area contributed by atoms with Gasteiger partial charge in [0.05, 0.1) is 11.6 Å². The van der Waals surface area contributed by atoms with Crippen LogP contribution in [0.4, 0.5) is 0 Å². The molecule has 1 aliphatic rings. The van der Waals surface area contributed by atoms with Crippen molar-refractivity contribution < 1.29 is 4.74 Å². The Kier molecular flexibility index (Phi) is 4.17. The highest BCUT2D eigenvalue weighted by Gasteiger charge is 2.40. The lowest BCUT2D eigenvalue weighted by atomic mass is 9.85. The van der Waals surface area contributed by atoms with Crippen LogP contribution in [0.2, 0.25) is 0 Å². The fourth-order valence-corrected chi connectivity index (χ4v) is 3.45. The normalized spacial score (nSPS) is 29.8. The van der Waals surface area contributed by atoms with Gasteiger partial charge in [0.15, 0.2) is 0 Å². The van der Waals surface area contributed by atoms with Crippen LogP contribution in [0.3, 0.4) is 0 Å². The summed E-state index contributed by atoms with van der Waals surface area (Å²) in [6.45, 7) is 7.42. The molecule has 2 unspecified atom stereocenters. The van der Waals surface area contributed by atoms with E-state index in [0.29, 0.717) is 12.1 Å². The van der Waals surface area contributed by atoms with Crippen molar-refractivity contribution >= 4 is 11.3 Å². The van der Waals surface area contributed by atoms with Crippen molar-refractivity contribution in [2.75, 3.05) is 6.61 Å². The summed E-state index contributed by atoms with van der Waals surface area (Å²) in [4.78, 5) is 4.53. The summed E-state index contributed by atoms with van der Waals surface area (Å²) in [6.07, 6.45) is 5.40. The van der Waals surface area contributed by atoms with E-state index < -0.39 is 0 Å². The fourth-order valence-electron chi connectivity index (χ4n) is 2.61. The van der Waals surface area contributed by atoms with E-state index in [4.69, 9.17) is 4.74 Å². The highest BCUT2D eigenvalue weighted by atomic mass is 32.1. The van der Waals surface area contributed by atoms with Crippen molar-refractivity contribution in [3.8, 4) is 0 Å². The van der Waals surface area contributed by atoms with Crippen molar-refractivity contribution in [3.63, 3.8) is 0 Å². The molecule has 1 saturated heterocycles. The Morgan fingerprint density at radius 2 is 2.47 bits per heavy atom. The third-order valence-electron chi connectivity index (χ3n) is 3.32. The van der Waals surface area contributed by atoms with Crippen molar-refractivity contribution in [3.05, 3.63) is 16.6 Å². The van der Waals surface area contributed by atoms with Crippen LogP contribution in [0.15, 0.2) is 11.6 Å². The van der Waals surface area contributed by atoms with Gasteiger partial charge in [-0.25, -0.2) is 4.98 Å². The topological polar surface area (TPSA) is 34.2 Å². The molecule has 1 fully saturated rings. The molecule has 2 rings (SSSR count). The number of nitrogens with zero attached hydrogens (tertiary/aromatic N) is 1. The molecule has 2 atom stereocenters. The highest BCUT2D eigenvalue weighted by Crippen LogP contribution is 2.37. The third kappa shape index (κ3) is 2.87. The molecule has 96 valence electrons. The van der Waals surface area contributed by atoms with E-state index in [1.807, 2.05) is 6.20 Å². The molecule has 0 radical (unpaired) electrons. The summed E-state index contributed by atoms with van der Waals surface area (Å²) < 4.78 is 5.80. The second-order valence-corrected chi connectivity index (χ2v) is 5.97. The number of hydrogen-bond donors (Lipinski definition) is 1. The zero-order valence-corrected chi connectivity index (χ0v) is 11.7. The predicted octanol–water partition coefficient (Wildman–Crippen LogP) is 2.93. The van der Waals surface area contributed by atoms with Gasteiger partial charge in [-0.1, -0.05) is 6.92 Å². The van der Waals surface area contributed by atoms with Crippen LogP contribution >= 0.6 is 11.3 Å². The molecular weight excluding hydrogens is 232 g/mol. The Morgan fingerprint density at radius 3 is 3.06 bits per heavy atom. The molecule has 17 heavy (non-hydrogen) atoms. The first kappa shape index (κ1) is 13.0. The number of nitrogens with one attached hydrogen (secondary N) is 1. The van der Waals surface area contributed by atoms with Crippen molar-refractivity contribution in [2.24, 2.45) is 0 Å². The first-order chi connectivity index (χ1) is 8.16. The molecule has 4 heteroatoms. The van der Waals surface area contributed by atoms with Crippen LogP contribution < -0.4 is 5.32 Å². The van der Waals surface area contributed by atoms with Gasteiger partial charge < -0.3 is 10.1 Å². The largest absolute Gasteiger partial charge is 0.378 e. The summed E-state index contributed by atoms with van der Waals surface area (Å²) in [5.74, 6) is 0. The van der Waals surface area contributed by atoms with E-state index in [1.54, 1.807) is 11.3 Å². The molecule has 1 aromatic heterocycles. The molecule has 2 heterocycles. The molecule has 0 saturated carbocycles. The standard InChI is InChI=1S/C13H22N2OS/c1-4-11-9-13(5-7-16-11,15-10(2)3)12-14-6-8-17-12/h6,8,10-11,15H,4-5,7,9H2,1-3H3. The molecule has 0 spiro atoms. The van der Waals surface area contributed by atoms with Gasteiger partial charge in [0.1, 0.15) is 5.01 Å². The Bertz CT molecular complexity index is 339. The first-order valence-corrected chi connectivity index (χ1v) is 7.33. The smallest absolute Gasteiger partial charge is 0.113 e. The average molecular weight is 254 g/mol. The average Bonchev–Trinajstić information content (AvgIpc) is 2.82. The van der Waals surface area contributed by atoms with Crippen LogP contribution in [0.25, 0.3) is 0 Å². The van der Waals surface area contributed by atoms with Crippen LogP contribution in [0.1, 0.15) is 45.0 Å². The van der Waals surface area contributed by atoms with E-state index in [2.05, 4.69) is 36.5 Å². The maximum atomic E-state index is 5.80. The minimum atomic E-state index is 0.0290. The minimum absolute atomic E-state index is 0.0290. The summed E-state index contributed by atoms with van der Waals surface area (Å²) in [6, 6.07) is 0.467. The Morgan fingerprint density at radius 1 is 1.65 bits per heavy atom. The fraction of sp³-hybridized carbons (Fsp3) is 0.769. The van der Waals surface area contributed by atoms with Gasteiger partial charge >= 0.3 is 0 Å². The predicted molar refractivity (Wildman–Crippen MR) is 71.3 cm³/mol. The SMILES string of the molecule is CCC1CC(NC(C)C)(c2nccs2)CCO1. The van der Waals surface area contributed by atoms with Gasteiger partial charge in [-0.05, 0) is 33.1 Å². The molecule has 0 aromatic carbocycles. The number of ether oxygens (including phenoxy) is 1. The molecule has 1 N–H and O–H groups in total. The summed E-state index contributed by atoms with van der Waals surface area (Å²) in [5, 5.41) is 7.01. The van der Waals surface area contributed by atoms with E-state index >= 15 is 0 Å². The second kappa shape index (κ2) is 5.46. The summed E-state index contributed by atoms with van der Waals surface area (Å²) in [7, 11) is 0. The van der Waals surface area contributed by atoms with Gasteiger partial charge in [0.25, 0.3) is 0 Å². The van der Waals surface area contributed by atoms with Gasteiger partial charge in [-0.2, -0.15) is 0 Å². The van der Waals surface area contributed by atoms with Crippen LogP contribution in [-0.4, -0.2) is 23.7 Å². The molecule has 0 bridgehead atoms. The number of aromatic nitrogens is 1. The molecular formula is C13H22N2OS. The molecule has 0 aliphatic carbocycles. The van der Waals surface area contributed by atoms with Gasteiger partial charge in [0.2, 0.25) is 0 Å². The zero-order chi connectivity index (χ0) is 12.3. The molecule has 1 aliphatic heterocycles. The van der Waals surface area contributed by atoms with Gasteiger partial charge in [0, 0.05) is 24.2 Å². The highest BCUT2D eigenvalue weighted by molar-refractivity contribution is 7.09. The minimum Gasteiger partial charge on any atom is -0.378 e. The van der Waals surface area contributed by atoms with Gasteiger partial charge in [-0.3, -0.25) is 0 Å². The van der Waals surface area contributed by atoms with E-state index in [-0.39, 0.29) is 5.54 Å². The van der Waals surface area contributed by atoms with Crippen LogP contribution in [-0.2, 0) is 10.3 Å². The summed E-state index contributed by atoms with van der Waals surface area (Å²) in [5.41, 5.74) is 0.0290. The quantitative estimate of drug-likeness (QED) is 0.897. The van der Waals surface area contributed by atoms with E-state index in [1.165, 1.54) is 5.01 Å². The molecule has 0 amide bonds. The number of hydrogen-bond acceptors (Lipinski definition) is 4. The van der Waals surface area contributed by atoms with E-state index in [0.717, 1.165) is 25.9 Å². The lowest BCUT2D eigenvalue weighted by Crippen LogP contribution is -2.51. The zero-order valence-electron chi connectivity index (χ0n) is 10.9. The van der Waals surface area contributed by atoms with Gasteiger partial charge in [-0.15, -0.1) is 11.3 Å². The Hall–Kier alpha value is -0.450. The number of rotatable bonds is 4. The van der Waals surface area contributed by atoms with Crippen LogP contribution in [0.5, 0.6) is 0 Å². The molecule has 3 nitrogen and oxygen atoms in total. The van der Waals surface area contributed by atoms with Crippen molar-refractivity contribution in [1.82, 2.24) is 10.3 Å². The Labute approximate surface area is 108 Å². The Balaban J connectivity index is 2.23.